The van der Waals surface area contributed by atoms with E-state index in [1.165, 1.54) is 5.56 Å². The third kappa shape index (κ3) is 1.19. The Morgan fingerprint density at radius 2 is 2.24 bits per heavy atom. The van der Waals surface area contributed by atoms with E-state index in [1.807, 2.05) is 12.3 Å². The van der Waals surface area contributed by atoms with Crippen LogP contribution in [0.25, 0.3) is 0 Å². The Hall–Kier alpha value is -1.83. The van der Waals surface area contributed by atoms with E-state index in [1.54, 1.807) is 11.8 Å². The van der Waals surface area contributed by atoms with Gasteiger partial charge >= 0.3 is 0 Å². The fourth-order valence-corrected chi connectivity index (χ4v) is 7.74. The molecule has 4 N–H and O–H groups in total. The summed E-state index contributed by atoms with van der Waals surface area (Å²) in [6.07, 6.45) is 5.52. The van der Waals surface area contributed by atoms with Gasteiger partial charge in [0.25, 0.3) is 0 Å². The van der Waals surface area contributed by atoms with Gasteiger partial charge < -0.3 is 16.0 Å². The zero-order chi connectivity index (χ0) is 16.7. The summed E-state index contributed by atoms with van der Waals surface area (Å²) >= 11 is 1.69. The molecule has 2 saturated heterocycles. The quantitative estimate of drug-likeness (QED) is 0.633. The Morgan fingerprint density at radius 3 is 3.12 bits per heavy atom. The van der Waals surface area contributed by atoms with Crippen LogP contribution >= 0.6 is 11.8 Å². The molecule has 4 aliphatic heterocycles. The summed E-state index contributed by atoms with van der Waals surface area (Å²) in [6.45, 7) is 0.805. The number of allylic oxidation sites excluding steroid dienone is 1. The number of hydrogen-bond acceptors (Lipinski definition) is 6. The number of nitrogens with two attached hydrogens (primary N) is 1. The van der Waals surface area contributed by atoms with Gasteiger partial charge in [0.2, 0.25) is 5.78 Å². The number of carbonyl (C=O) groups is 2. The number of nitrogens with zero attached hydrogens (tertiary/aromatic N) is 1. The lowest BCUT2D eigenvalue weighted by atomic mass is 9.55. The van der Waals surface area contributed by atoms with Crippen molar-refractivity contribution in [2.45, 2.75) is 36.3 Å². The number of hydrogen-bond donors (Lipinski definition) is 3. The smallest absolute Gasteiger partial charge is 0.225 e. The predicted molar refractivity (Wildman–Crippen MR) is 91.7 cm³/mol. The number of nitrogens with one attached hydrogen (secondary N) is 2. The van der Waals surface area contributed by atoms with Crippen LogP contribution in [-0.2, 0) is 11.2 Å². The number of H-pyrrole nitrogens is 1. The van der Waals surface area contributed by atoms with E-state index in [9.17, 15) is 9.59 Å². The van der Waals surface area contributed by atoms with Crippen molar-refractivity contribution in [3.63, 3.8) is 0 Å². The van der Waals surface area contributed by atoms with Crippen LogP contribution in [0, 0.1) is 5.41 Å². The Morgan fingerprint density at radius 1 is 1.36 bits per heavy atom. The van der Waals surface area contributed by atoms with E-state index in [0.717, 1.165) is 41.1 Å². The highest BCUT2D eigenvalue weighted by Crippen LogP contribution is 2.68. The Bertz CT molecular complexity index is 991. The molecule has 25 heavy (non-hydrogen) atoms. The topological polar surface area (TPSA) is 91.2 Å². The predicted octanol–water partition coefficient (Wildman–Crippen LogP) is 0.593. The molecular weight excluding hydrogens is 336 g/mol. The molecule has 1 aromatic rings. The lowest BCUT2D eigenvalue weighted by molar-refractivity contribution is -0.125. The zero-order valence-corrected chi connectivity index (χ0v) is 14.2. The molecule has 1 aromatic heterocycles. The molecule has 2 aliphatic carbocycles. The van der Waals surface area contributed by atoms with Crippen molar-refractivity contribution in [3.8, 4) is 0 Å². The van der Waals surface area contributed by atoms with E-state index >= 15 is 0 Å². The fraction of sp³-hybridized carbons (Fsp3) is 0.444. The molecule has 3 bridgehead atoms. The van der Waals surface area contributed by atoms with Gasteiger partial charge in [-0.3, -0.25) is 14.5 Å². The number of carbonyl (C=O) groups excluding carboxylic acids is 2. The lowest BCUT2D eigenvalue weighted by Gasteiger charge is -2.60. The van der Waals surface area contributed by atoms with Gasteiger partial charge in [-0.1, -0.05) is 0 Å². The van der Waals surface area contributed by atoms with Crippen LogP contribution in [0.4, 0.5) is 0 Å². The van der Waals surface area contributed by atoms with Crippen molar-refractivity contribution < 1.29 is 9.59 Å². The highest BCUT2D eigenvalue weighted by Gasteiger charge is 2.68. The van der Waals surface area contributed by atoms with Gasteiger partial charge in [-0.2, -0.15) is 0 Å². The second-order valence-electron chi connectivity index (χ2n) is 7.92. The van der Waals surface area contributed by atoms with Gasteiger partial charge in [0, 0.05) is 34.7 Å². The summed E-state index contributed by atoms with van der Waals surface area (Å²) in [7, 11) is 0. The van der Waals surface area contributed by atoms with Crippen molar-refractivity contribution in [3.05, 3.63) is 45.3 Å². The molecule has 2 fully saturated rings. The Labute approximate surface area is 147 Å². The number of fused-ring (bicyclic) bond motifs is 3. The van der Waals surface area contributed by atoms with Crippen LogP contribution in [-0.4, -0.2) is 45.5 Å². The number of aromatic nitrogens is 1. The first-order valence-corrected chi connectivity index (χ1v) is 9.69. The highest BCUT2D eigenvalue weighted by atomic mass is 32.2. The SMILES string of the molecule is N[C@@H]1[C@@H]2C(=O)C=C3S[C@@H]4C[C@]31C1=C(N4)C(=O)c3[nH]cc4c3C1N2CC4. The molecule has 126 valence electrons. The highest BCUT2D eigenvalue weighted by molar-refractivity contribution is 8.04. The second-order valence-corrected chi connectivity index (χ2v) is 9.16. The molecule has 0 saturated carbocycles. The monoisotopic (exact) mass is 352 g/mol. The van der Waals surface area contributed by atoms with Crippen LogP contribution in [0.2, 0.25) is 0 Å². The number of ketones is 2. The first kappa shape index (κ1) is 13.4. The van der Waals surface area contributed by atoms with Gasteiger partial charge in [0.1, 0.15) is 0 Å². The average molecular weight is 352 g/mol. The molecule has 0 aromatic carbocycles. The molecule has 1 unspecified atom stereocenters. The third-order valence-electron chi connectivity index (χ3n) is 7.08. The molecule has 0 amide bonds. The van der Waals surface area contributed by atoms with E-state index in [2.05, 4.69) is 15.2 Å². The van der Waals surface area contributed by atoms with E-state index in [-0.39, 0.29) is 40.5 Å². The van der Waals surface area contributed by atoms with Crippen LogP contribution in [0.1, 0.15) is 34.1 Å². The van der Waals surface area contributed by atoms with Gasteiger partial charge in [0.05, 0.1) is 28.8 Å². The number of aromatic amines is 1. The summed E-state index contributed by atoms with van der Waals surface area (Å²) in [5, 5.41) is 3.59. The van der Waals surface area contributed by atoms with Gasteiger partial charge in [-0.15, -0.1) is 11.8 Å². The average Bonchev–Trinajstić information content (AvgIpc) is 3.13. The summed E-state index contributed by atoms with van der Waals surface area (Å²) < 4.78 is 0. The van der Waals surface area contributed by atoms with Crippen molar-refractivity contribution in [2.75, 3.05) is 6.54 Å². The normalized spacial score (nSPS) is 42.5. The van der Waals surface area contributed by atoms with Crippen molar-refractivity contribution in [2.24, 2.45) is 11.1 Å². The van der Waals surface area contributed by atoms with Crippen molar-refractivity contribution in [1.82, 2.24) is 15.2 Å². The zero-order valence-electron chi connectivity index (χ0n) is 13.3. The first-order chi connectivity index (χ1) is 12.1. The summed E-state index contributed by atoms with van der Waals surface area (Å²) in [6, 6.07) is -0.543. The Balaban J connectivity index is 1.65. The maximum Gasteiger partial charge on any atom is 0.225 e. The molecule has 7 rings (SSSR count). The van der Waals surface area contributed by atoms with Crippen LogP contribution in [0.15, 0.2) is 28.4 Å². The largest absolute Gasteiger partial charge is 0.370 e. The minimum Gasteiger partial charge on any atom is -0.370 e. The molecule has 0 radical (unpaired) electrons. The first-order valence-electron chi connectivity index (χ1n) is 8.81. The van der Waals surface area contributed by atoms with Crippen LogP contribution in [0.5, 0.6) is 0 Å². The molecule has 5 atom stereocenters. The van der Waals surface area contributed by atoms with E-state index in [4.69, 9.17) is 5.73 Å². The van der Waals surface area contributed by atoms with E-state index < -0.39 is 0 Å². The molecule has 6 nitrogen and oxygen atoms in total. The molecule has 5 heterocycles. The van der Waals surface area contributed by atoms with Crippen LogP contribution < -0.4 is 11.1 Å². The number of rotatable bonds is 0. The summed E-state index contributed by atoms with van der Waals surface area (Å²) in [5.74, 6) is 0.189. The van der Waals surface area contributed by atoms with Gasteiger partial charge in [0.15, 0.2) is 5.78 Å². The number of piperidine rings is 1. The maximum absolute atomic E-state index is 13.2. The standard InChI is InChI=1S/C18H16N4O2S/c19-17-14-7(23)3-8-18(17)4-9(25-8)21-13-11(18)15-10-6(1-2-22(14)15)5-20-12(10)16(13)24/h3,5,9,14-15,17,20-21H,1-2,4,19H2/t9-,14+,15?,17-,18-/m1/s1. The maximum atomic E-state index is 13.2. The molecule has 1 spiro atoms. The molecule has 7 heteroatoms. The molecular formula is C18H16N4O2S. The Kier molecular flexibility index (Phi) is 2.03. The second kappa shape index (κ2) is 3.79. The van der Waals surface area contributed by atoms with Gasteiger partial charge in [-0.05, 0) is 30.1 Å². The van der Waals surface area contributed by atoms with Crippen molar-refractivity contribution in [1.29, 1.82) is 0 Å². The minimum absolute atomic E-state index is 0.00213. The number of thioether (sulfide) groups is 1. The lowest BCUT2D eigenvalue weighted by Crippen LogP contribution is -2.70. The van der Waals surface area contributed by atoms with Crippen molar-refractivity contribution >= 4 is 23.3 Å². The van der Waals surface area contributed by atoms with Gasteiger partial charge in [-0.25, -0.2) is 0 Å². The summed E-state index contributed by atoms with van der Waals surface area (Å²) in [5.41, 5.74) is 11.3. The minimum atomic E-state index is -0.338. The fourth-order valence-electron chi connectivity index (χ4n) is 6.18. The summed E-state index contributed by atoms with van der Waals surface area (Å²) in [4.78, 5) is 32.7. The third-order valence-corrected chi connectivity index (χ3v) is 8.39. The van der Waals surface area contributed by atoms with Crippen LogP contribution in [0.3, 0.4) is 0 Å². The number of Topliss-reactive ketones (excluding diaryl/α,β-unsaturated/α-hetero) is 1. The molecule has 6 aliphatic rings. The van der Waals surface area contributed by atoms with E-state index in [0.29, 0.717) is 5.69 Å².